The third kappa shape index (κ3) is 2.48. The molecule has 0 aliphatic carbocycles. The fraction of sp³-hybridized carbons (Fsp3) is 0.125. The van der Waals surface area contributed by atoms with Gasteiger partial charge in [0.2, 0.25) is 0 Å². The van der Waals surface area contributed by atoms with Crippen molar-refractivity contribution < 1.29 is 4.21 Å². The monoisotopic (exact) mass is 186 g/mol. The van der Waals surface area contributed by atoms with Crippen molar-refractivity contribution in [3.63, 3.8) is 0 Å². The summed E-state index contributed by atoms with van der Waals surface area (Å²) in [5.41, 5.74) is 2.00. The number of halogens is 1. The highest BCUT2D eigenvalue weighted by atomic mass is 35.5. The van der Waals surface area contributed by atoms with Gasteiger partial charge in [-0.15, -0.1) is 11.6 Å². The molecule has 0 saturated carbocycles. The van der Waals surface area contributed by atoms with Crippen molar-refractivity contribution in [2.45, 2.75) is 5.88 Å². The standard InChI is InChI=1S/C8H7ClOS/c9-5-7-1-3-8(4-2-7)6-11-10/h1-4,6H,5H2. The normalized spacial score (nSPS) is 9.18. The number of benzene rings is 1. The van der Waals surface area contributed by atoms with Crippen molar-refractivity contribution >= 4 is 28.2 Å². The first kappa shape index (κ1) is 8.50. The van der Waals surface area contributed by atoms with Crippen LogP contribution in [0.5, 0.6) is 0 Å². The van der Waals surface area contributed by atoms with E-state index in [4.69, 9.17) is 11.6 Å². The Morgan fingerprint density at radius 1 is 1.36 bits per heavy atom. The van der Waals surface area contributed by atoms with Crippen LogP contribution in [0, 0.1) is 0 Å². The molecule has 0 spiro atoms. The van der Waals surface area contributed by atoms with E-state index in [9.17, 15) is 4.21 Å². The molecule has 1 nitrogen and oxygen atoms in total. The van der Waals surface area contributed by atoms with Crippen LogP contribution in [0.4, 0.5) is 0 Å². The van der Waals surface area contributed by atoms with E-state index < -0.39 is 0 Å². The lowest BCUT2D eigenvalue weighted by atomic mass is 10.2. The van der Waals surface area contributed by atoms with E-state index in [-0.39, 0.29) is 0 Å². The van der Waals surface area contributed by atoms with Crippen molar-refractivity contribution in [1.82, 2.24) is 0 Å². The van der Waals surface area contributed by atoms with Gasteiger partial charge in [-0.1, -0.05) is 24.3 Å². The third-order valence-corrected chi connectivity index (χ3v) is 2.00. The summed E-state index contributed by atoms with van der Waals surface area (Å²) in [5.74, 6) is 0.519. The van der Waals surface area contributed by atoms with Crippen molar-refractivity contribution in [2.75, 3.05) is 0 Å². The fourth-order valence-electron chi connectivity index (χ4n) is 0.741. The molecular formula is C8H7ClOS. The average Bonchev–Trinajstić information content (AvgIpc) is 2.07. The highest BCUT2D eigenvalue weighted by Gasteiger charge is 1.88. The molecule has 0 aromatic heterocycles. The smallest absolute Gasteiger partial charge is 0.0891 e. The summed E-state index contributed by atoms with van der Waals surface area (Å²) in [7, 11) is 0. The van der Waals surface area contributed by atoms with Gasteiger partial charge in [0.25, 0.3) is 0 Å². The first-order chi connectivity index (χ1) is 5.36. The topological polar surface area (TPSA) is 17.1 Å². The van der Waals surface area contributed by atoms with Crippen molar-refractivity contribution in [1.29, 1.82) is 0 Å². The second-order valence-corrected chi connectivity index (χ2v) is 2.78. The maximum atomic E-state index is 10.1. The predicted octanol–water partition coefficient (Wildman–Crippen LogP) is 1.79. The lowest BCUT2D eigenvalue weighted by Crippen LogP contribution is -1.81. The minimum Gasteiger partial charge on any atom is -0.212 e. The first-order valence-corrected chi connectivity index (χ1v) is 4.47. The van der Waals surface area contributed by atoms with Crippen molar-refractivity contribution in [2.24, 2.45) is 0 Å². The molecule has 1 aromatic rings. The molecule has 1 aromatic carbocycles. The Labute approximate surface area is 74.1 Å². The molecule has 0 heterocycles. The largest absolute Gasteiger partial charge is 0.212 e. The number of hydrogen-bond acceptors (Lipinski definition) is 1. The second kappa shape index (κ2) is 4.31. The molecule has 3 heteroatoms. The first-order valence-electron chi connectivity index (χ1n) is 3.13. The molecule has 0 fully saturated rings. The number of hydrogen-bond donors (Lipinski definition) is 0. The molecule has 0 amide bonds. The van der Waals surface area contributed by atoms with Gasteiger partial charge in [0.15, 0.2) is 0 Å². The van der Waals surface area contributed by atoms with Gasteiger partial charge >= 0.3 is 0 Å². The second-order valence-electron chi connectivity index (χ2n) is 2.09. The number of rotatable bonds is 2. The van der Waals surface area contributed by atoms with Crippen LogP contribution in [0.1, 0.15) is 11.1 Å². The summed E-state index contributed by atoms with van der Waals surface area (Å²) < 4.78 is 10.1. The maximum absolute atomic E-state index is 10.1. The molecule has 1 rings (SSSR count). The Hall–Kier alpha value is -0.600. The van der Waals surface area contributed by atoms with Gasteiger partial charge in [-0.05, 0) is 11.1 Å². The summed E-state index contributed by atoms with van der Waals surface area (Å²) in [6, 6.07) is 7.58. The molecule has 0 bridgehead atoms. The Morgan fingerprint density at radius 2 is 2.00 bits per heavy atom. The Balaban J connectivity index is 2.91. The van der Waals surface area contributed by atoms with Crippen LogP contribution in [-0.2, 0) is 17.1 Å². The van der Waals surface area contributed by atoms with E-state index in [0.29, 0.717) is 17.1 Å². The maximum Gasteiger partial charge on any atom is 0.0891 e. The summed E-state index contributed by atoms with van der Waals surface area (Å²) in [6.07, 6.45) is 0. The minimum absolute atomic E-state index is 0.460. The van der Waals surface area contributed by atoms with Gasteiger partial charge in [0.1, 0.15) is 0 Å². The van der Waals surface area contributed by atoms with Gasteiger partial charge in [-0.25, -0.2) is 4.21 Å². The van der Waals surface area contributed by atoms with E-state index in [1.54, 1.807) is 5.37 Å². The Bertz CT molecular complexity index is 275. The Morgan fingerprint density at radius 3 is 2.45 bits per heavy atom. The van der Waals surface area contributed by atoms with Gasteiger partial charge < -0.3 is 0 Å². The highest BCUT2D eigenvalue weighted by Crippen LogP contribution is 2.04. The Kier molecular flexibility index (Phi) is 3.33. The summed E-state index contributed by atoms with van der Waals surface area (Å²) in [6.45, 7) is 0. The third-order valence-electron chi connectivity index (χ3n) is 1.32. The summed E-state index contributed by atoms with van der Waals surface area (Å²) in [4.78, 5) is 0. The van der Waals surface area contributed by atoms with E-state index in [1.807, 2.05) is 24.3 Å². The van der Waals surface area contributed by atoms with E-state index in [2.05, 4.69) is 0 Å². The predicted molar refractivity (Wildman–Crippen MR) is 49.3 cm³/mol. The molecule has 11 heavy (non-hydrogen) atoms. The SMILES string of the molecule is O=S=Cc1ccc(CCl)cc1. The van der Waals surface area contributed by atoms with Gasteiger partial charge in [-0.2, -0.15) is 0 Å². The average molecular weight is 187 g/mol. The van der Waals surface area contributed by atoms with Crippen LogP contribution in [0.3, 0.4) is 0 Å². The zero-order chi connectivity index (χ0) is 8.10. The van der Waals surface area contributed by atoms with Crippen LogP contribution in [0.2, 0.25) is 0 Å². The lowest BCUT2D eigenvalue weighted by molar-refractivity contribution is 0.701. The van der Waals surface area contributed by atoms with Gasteiger partial charge in [-0.3, -0.25) is 0 Å². The van der Waals surface area contributed by atoms with E-state index in [1.165, 1.54) is 0 Å². The molecule has 0 aliphatic heterocycles. The van der Waals surface area contributed by atoms with Crippen LogP contribution >= 0.6 is 11.6 Å². The molecule has 58 valence electrons. The zero-order valence-electron chi connectivity index (χ0n) is 5.79. The van der Waals surface area contributed by atoms with Gasteiger partial charge in [0, 0.05) is 11.2 Å². The van der Waals surface area contributed by atoms with Crippen LogP contribution in [0.15, 0.2) is 24.3 Å². The quantitative estimate of drug-likeness (QED) is 0.509. The van der Waals surface area contributed by atoms with Crippen LogP contribution in [-0.4, -0.2) is 9.58 Å². The van der Waals surface area contributed by atoms with Crippen LogP contribution < -0.4 is 0 Å². The molecule has 0 aliphatic rings. The molecule has 0 atom stereocenters. The molecule has 0 unspecified atom stereocenters. The molecule has 0 saturated heterocycles. The molecular weight excluding hydrogens is 180 g/mol. The van der Waals surface area contributed by atoms with E-state index >= 15 is 0 Å². The van der Waals surface area contributed by atoms with E-state index in [0.717, 1.165) is 11.1 Å². The van der Waals surface area contributed by atoms with Crippen molar-refractivity contribution in [3.8, 4) is 0 Å². The fourth-order valence-corrected chi connectivity index (χ4v) is 1.19. The molecule has 0 radical (unpaired) electrons. The summed E-state index contributed by atoms with van der Waals surface area (Å²) in [5, 5.41) is 1.55. The highest BCUT2D eigenvalue weighted by molar-refractivity contribution is 7.65. The zero-order valence-corrected chi connectivity index (χ0v) is 7.36. The van der Waals surface area contributed by atoms with Gasteiger partial charge in [0.05, 0.1) is 11.3 Å². The van der Waals surface area contributed by atoms with Crippen molar-refractivity contribution in [3.05, 3.63) is 35.4 Å². The summed E-state index contributed by atoms with van der Waals surface area (Å²) >= 11 is 6.04. The molecule has 0 N–H and O–H groups in total. The lowest BCUT2D eigenvalue weighted by Gasteiger charge is -1.93. The van der Waals surface area contributed by atoms with Crippen LogP contribution in [0.25, 0.3) is 0 Å². The minimum atomic E-state index is 0.460. The number of alkyl halides is 1.